The van der Waals surface area contributed by atoms with Gasteiger partial charge >= 0.3 is 0 Å². The molecule has 0 aliphatic carbocycles. The normalized spacial score (nSPS) is 9.91. The molecule has 0 aliphatic heterocycles. The first kappa shape index (κ1) is 8.40. The van der Waals surface area contributed by atoms with E-state index in [-0.39, 0.29) is 0 Å². The molecule has 0 radical (unpaired) electrons. The summed E-state index contributed by atoms with van der Waals surface area (Å²) in [7, 11) is 0. The van der Waals surface area contributed by atoms with Crippen molar-refractivity contribution in [2.24, 2.45) is 0 Å². The Balaban J connectivity index is 2.86. The second-order valence-corrected chi connectivity index (χ2v) is 3.20. The summed E-state index contributed by atoms with van der Waals surface area (Å²) < 4.78 is 0. The minimum absolute atomic E-state index is 0.656. The van der Waals surface area contributed by atoms with Crippen LogP contribution < -0.4 is 11.5 Å². The average Bonchev–Trinajstić information content (AvgIpc) is 1.98. The Morgan fingerprint density at radius 3 is 2.45 bits per heavy atom. The molecular weight excluding hydrogens is 204 g/mol. The van der Waals surface area contributed by atoms with Gasteiger partial charge in [-0.25, -0.2) is 0 Å². The first-order valence-electron chi connectivity index (χ1n) is 3.44. The molecular formula is C8H11BrN2. The highest BCUT2D eigenvalue weighted by Gasteiger charge is 1.95. The molecule has 0 unspecified atom stereocenters. The van der Waals surface area contributed by atoms with Crippen molar-refractivity contribution >= 4 is 27.3 Å². The number of hydrogen-bond acceptors (Lipinski definition) is 2. The lowest BCUT2D eigenvalue weighted by atomic mass is 10.1. The number of benzene rings is 1. The lowest BCUT2D eigenvalue weighted by Gasteiger charge is -2.02. The van der Waals surface area contributed by atoms with Crippen LogP contribution in [0.3, 0.4) is 0 Å². The minimum atomic E-state index is 0.656. The van der Waals surface area contributed by atoms with Crippen LogP contribution in [-0.2, 0) is 6.42 Å². The van der Waals surface area contributed by atoms with Gasteiger partial charge in [0.1, 0.15) is 0 Å². The quantitative estimate of drug-likeness (QED) is 0.583. The van der Waals surface area contributed by atoms with E-state index in [9.17, 15) is 0 Å². The largest absolute Gasteiger partial charge is 0.397 e. The zero-order chi connectivity index (χ0) is 8.27. The predicted molar refractivity (Wildman–Crippen MR) is 52.8 cm³/mol. The molecule has 11 heavy (non-hydrogen) atoms. The zero-order valence-corrected chi connectivity index (χ0v) is 7.76. The van der Waals surface area contributed by atoms with E-state index >= 15 is 0 Å². The highest BCUT2D eigenvalue weighted by atomic mass is 79.9. The SMILES string of the molecule is Nc1ccc(CCBr)cc1N. The van der Waals surface area contributed by atoms with Crippen molar-refractivity contribution in [1.29, 1.82) is 0 Å². The summed E-state index contributed by atoms with van der Waals surface area (Å²) in [5.41, 5.74) is 13.7. The van der Waals surface area contributed by atoms with Gasteiger partial charge in [-0.15, -0.1) is 0 Å². The molecule has 4 N–H and O–H groups in total. The third-order valence-corrected chi connectivity index (χ3v) is 1.93. The second-order valence-electron chi connectivity index (χ2n) is 2.40. The van der Waals surface area contributed by atoms with Gasteiger partial charge in [0, 0.05) is 5.33 Å². The summed E-state index contributed by atoms with van der Waals surface area (Å²) in [5, 5.41) is 0.955. The molecule has 0 bridgehead atoms. The molecule has 0 saturated heterocycles. The van der Waals surface area contributed by atoms with Crippen LogP contribution in [0.4, 0.5) is 11.4 Å². The van der Waals surface area contributed by atoms with Crippen LogP contribution in [0.5, 0.6) is 0 Å². The molecule has 0 heterocycles. The van der Waals surface area contributed by atoms with Crippen LogP contribution in [0.25, 0.3) is 0 Å². The topological polar surface area (TPSA) is 52.0 Å². The molecule has 1 rings (SSSR count). The second kappa shape index (κ2) is 3.62. The molecule has 0 saturated carbocycles. The fourth-order valence-corrected chi connectivity index (χ4v) is 1.35. The molecule has 0 aliphatic rings. The maximum atomic E-state index is 5.61. The number of aryl methyl sites for hydroxylation is 1. The van der Waals surface area contributed by atoms with E-state index < -0.39 is 0 Å². The maximum absolute atomic E-state index is 5.61. The highest BCUT2D eigenvalue weighted by molar-refractivity contribution is 9.09. The minimum Gasteiger partial charge on any atom is -0.397 e. The van der Waals surface area contributed by atoms with Gasteiger partial charge in [-0.05, 0) is 24.1 Å². The van der Waals surface area contributed by atoms with Crippen LogP contribution in [0.2, 0.25) is 0 Å². The first-order chi connectivity index (χ1) is 5.24. The van der Waals surface area contributed by atoms with Gasteiger partial charge in [0.2, 0.25) is 0 Å². The van der Waals surface area contributed by atoms with E-state index in [0.29, 0.717) is 11.4 Å². The van der Waals surface area contributed by atoms with Gasteiger partial charge in [-0.2, -0.15) is 0 Å². The Labute approximate surface area is 74.7 Å². The van der Waals surface area contributed by atoms with Crippen molar-refractivity contribution in [3.05, 3.63) is 23.8 Å². The molecule has 60 valence electrons. The third kappa shape index (κ3) is 2.12. The fourth-order valence-electron chi connectivity index (χ4n) is 0.889. The summed E-state index contributed by atoms with van der Waals surface area (Å²) in [6, 6.07) is 5.75. The van der Waals surface area contributed by atoms with Gasteiger partial charge in [0.15, 0.2) is 0 Å². The average molecular weight is 215 g/mol. The van der Waals surface area contributed by atoms with E-state index in [1.54, 1.807) is 0 Å². The van der Waals surface area contributed by atoms with Crippen LogP contribution in [0, 0.1) is 0 Å². The molecule has 0 fully saturated rings. The van der Waals surface area contributed by atoms with Crippen molar-refractivity contribution in [2.45, 2.75) is 6.42 Å². The number of nitrogen functional groups attached to an aromatic ring is 2. The number of nitrogens with two attached hydrogens (primary N) is 2. The number of hydrogen-bond donors (Lipinski definition) is 2. The Hall–Kier alpha value is -0.700. The van der Waals surface area contributed by atoms with Crippen LogP contribution >= 0.6 is 15.9 Å². The highest BCUT2D eigenvalue weighted by Crippen LogP contribution is 2.16. The van der Waals surface area contributed by atoms with Gasteiger partial charge in [0.05, 0.1) is 11.4 Å². The summed E-state index contributed by atoms with van der Waals surface area (Å²) in [4.78, 5) is 0. The molecule has 1 aromatic rings. The first-order valence-corrected chi connectivity index (χ1v) is 4.56. The lowest BCUT2D eigenvalue weighted by Crippen LogP contribution is -1.96. The number of anilines is 2. The zero-order valence-electron chi connectivity index (χ0n) is 6.18. The molecule has 0 amide bonds. The predicted octanol–water partition coefficient (Wildman–Crippen LogP) is 1.79. The van der Waals surface area contributed by atoms with Crippen molar-refractivity contribution in [1.82, 2.24) is 0 Å². The van der Waals surface area contributed by atoms with Gasteiger partial charge in [0.25, 0.3) is 0 Å². The van der Waals surface area contributed by atoms with Crippen LogP contribution in [-0.4, -0.2) is 5.33 Å². The fraction of sp³-hybridized carbons (Fsp3) is 0.250. The van der Waals surface area contributed by atoms with Crippen LogP contribution in [0.1, 0.15) is 5.56 Å². The van der Waals surface area contributed by atoms with Crippen LogP contribution in [0.15, 0.2) is 18.2 Å². The van der Waals surface area contributed by atoms with E-state index in [4.69, 9.17) is 11.5 Å². The molecule has 0 spiro atoms. The monoisotopic (exact) mass is 214 g/mol. The molecule has 2 nitrogen and oxygen atoms in total. The number of halogens is 1. The summed E-state index contributed by atoms with van der Waals surface area (Å²) in [6.45, 7) is 0. The standard InChI is InChI=1S/C8H11BrN2/c9-4-3-6-1-2-7(10)8(11)5-6/h1-2,5H,3-4,10-11H2. The van der Waals surface area contributed by atoms with Crippen molar-refractivity contribution in [2.75, 3.05) is 16.8 Å². The number of alkyl halides is 1. The van der Waals surface area contributed by atoms with Crippen molar-refractivity contribution < 1.29 is 0 Å². The Morgan fingerprint density at radius 1 is 1.18 bits per heavy atom. The summed E-state index contributed by atoms with van der Waals surface area (Å²) in [6.07, 6.45) is 0.991. The summed E-state index contributed by atoms with van der Waals surface area (Å²) >= 11 is 3.36. The number of rotatable bonds is 2. The third-order valence-electron chi connectivity index (χ3n) is 1.53. The van der Waals surface area contributed by atoms with Gasteiger partial charge in [-0.3, -0.25) is 0 Å². The van der Waals surface area contributed by atoms with Crippen molar-refractivity contribution in [3.8, 4) is 0 Å². The Morgan fingerprint density at radius 2 is 1.91 bits per heavy atom. The Kier molecular flexibility index (Phi) is 2.76. The van der Waals surface area contributed by atoms with Gasteiger partial charge in [-0.1, -0.05) is 22.0 Å². The van der Waals surface area contributed by atoms with E-state index in [1.165, 1.54) is 5.56 Å². The molecule has 3 heteroatoms. The molecule has 0 atom stereocenters. The smallest absolute Gasteiger partial charge is 0.0550 e. The lowest BCUT2D eigenvalue weighted by molar-refractivity contribution is 1.17. The summed E-state index contributed by atoms with van der Waals surface area (Å²) in [5.74, 6) is 0. The van der Waals surface area contributed by atoms with Crippen molar-refractivity contribution in [3.63, 3.8) is 0 Å². The molecule has 1 aromatic carbocycles. The molecule has 0 aromatic heterocycles. The van der Waals surface area contributed by atoms with E-state index in [2.05, 4.69) is 15.9 Å². The maximum Gasteiger partial charge on any atom is 0.0550 e. The van der Waals surface area contributed by atoms with Gasteiger partial charge < -0.3 is 11.5 Å². The van der Waals surface area contributed by atoms with E-state index in [0.717, 1.165) is 11.8 Å². The Bertz CT molecular complexity index is 248. The van der Waals surface area contributed by atoms with E-state index in [1.807, 2.05) is 18.2 Å².